The van der Waals surface area contributed by atoms with Gasteiger partial charge in [0.1, 0.15) is 0 Å². The lowest BCUT2D eigenvalue weighted by atomic mass is 10.1. The summed E-state index contributed by atoms with van der Waals surface area (Å²) in [6.07, 6.45) is 0. The summed E-state index contributed by atoms with van der Waals surface area (Å²) in [6, 6.07) is 8.28. The van der Waals surface area contributed by atoms with Crippen molar-refractivity contribution in [1.82, 2.24) is 19.4 Å². The number of piperazine rings is 1. The first-order valence-corrected chi connectivity index (χ1v) is 7.51. The van der Waals surface area contributed by atoms with Gasteiger partial charge in [0.25, 0.3) is 0 Å². The molecule has 1 atom stereocenters. The van der Waals surface area contributed by atoms with Crippen LogP contribution in [0.25, 0.3) is 11.0 Å². The van der Waals surface area contributed by atoms with Crippen molar-refractivity contribution in [1.29, 1.82) is 5.26 Å². The van der Waals surface area contributed by atoms with Gasteiger partial charge >= 0.3 is 0 Å². The molecule has 0 bridgehead atoms. The minimum absolute atomic E-state index is 0.431. The van der Waals surface area contributed by atoms with E-state index in [4.69, 9.17) is 17.5 Å². The SMILES string of the molecule is CN1CCN(C)C(Cn2c(=S)[nH]c3ccc(C#N)cc32)C1. The van der Waals surface area contributed by atoms with Crippen LogP contribution in [0.15, 0.2) is 18.2 Å². The molecule has 1 aliphatic rings. The van der Waals surface area contributed by atoms with Gasteiger partial charge in [-0.15, -0.1) is 0 Å². The number of benzene rings is 1. The van der Waals surface area contributed by atoms with Crippen LogP contribution in [0.2, 0.25) is 0 Å². The van der Waals surface area contributed by atoms with E-state index in [1.165, 1.54) is 0 Å². The number of nitrogens with one attached hydrogen (secondary N) is 1. The number of likely N-dealkylation sites (N-methyl/N-ethyl adjacent to an activating group) is 2. The molecule has 0 radical (unpaired) electrons. The Morgan fingerprint density at radius 2 is 2.19 bits per heavy atom. The van der Waals surface area contributed by atoms with Gasteiger partial charge in [-0.05, 0) is 44.5 Å². The van der Waals surface area contributed by atoms with Gasteiger partial charge in [-0.25, -0.2) is 0 Å². The van der Waals surface area contributed by atoms with Gasteiger partial charge in [-0.3, -0.25) is 4.90 Å². The molecule has 0 spiro atoms. The zero-order valence-corrected chi connectivity index (χ0v) is 13.2. The largest absolute Gasteiger partial charge is 0.331 e. The smallest absolute Gasteiger partial charge is 0.178 e. The van der Waals surface area contributed by atoms with E-state index >= 15 is 0 Å². The number of aromatic amines is 1. The molecule has 1 saturated heterocycles. The molecule has 110 valence electrons. The second kappa shape index (κ2) is 5.60. The fourth-order valence-electron chi connectivity index (χ4n) is 2.91. The van der Waals surface area contributed by atoms with Crippen LogP contribution in [-0.4, -0.2) is 59.1 Å². The molecule has 0 aliphatic carbocycles. The third-order valence-electron chi connectivity index (χ3n) is 4.28. The van der Waals surface area contributed by atoms with Crippen molar-refractivity contribution in [3.05, 3.63) is 28.5 Å². The van der Waals surface area contributed by atoms with Gasteiger partial charge in [0, 0.05) is 32.2 Å². The Hall–Kier alpha value is -1.68. The zero-order chi connectivity index (χ0) is 15.0. The van der Waals surface area contributed by atoms with Crippen molar-refractivity contribution in [2.75, 3.05) is 33.7 Å². The van der Waals surface area contributed by atoms with Gasteiger partial charge in [-0.1, -0.05) is 0 Å². The van der Waals surface area contributed by atoms with Gasteiger partial charge in [0.2, 0.25) is 0 Å². The number of nitriles is 1. The molecule has 1 unspecified atom stereocenters. The predicted octanol–water partition coefficient (Wildman–Crippen LogP) is 1.82. The molecule has 2 aromatic rings. The van der Waals surface area contributed by atoms with Crippen LogP contribution in [0.5, 0.6) is 0 Å². The Kier molecular flexibility index (Phi) is 3.81. The number of hydrogen-bond acceptors (Lipinski definition) is 4. The Bertz CT molecular complexity index is 753. The topological polar surface area (TPSA) is 51.0 Å². The van der Waals surface area contributed by atoms with Gasteiger partial charge in [0.05, 0.1) is 22.7 Å². The van der Waals surface area contributed by atoms with Crippen molar-refractivity contribution < 1.29 is 0 Å². The standard InChI is InChI=1S/C15H19N5S/c1-18-5-6-19(2)12(9-18)10-20-14-7-11(8-16)3-4-13(14)17-15(20)21/h3-4,7,12H,5-6,9-10H2,1-2H3,(H,17,21). The quantitative estimate of drug-likeness (QED) is 0.860. The van der Waals surface area contributed by atoms with Crippen LogP contribution >= 0.6 is 12.2 Å². The molecule has 3 rings (SSSR count). The van der Waals surface area contributed by atoms with E-state index in [0.29, 0.717) is 11.6 Å². The maximum absolute atomic E-state index is 9.08. The summed E-state index contributed by atoms with van der Waals surface area (Å²) < 4.78 is 2.84. The van der Waals surface area contributed by atoms with E-state index in [9.17, 15) is 0 Å². The molecular formula is C15H19N5S. The maximum Gasteiger partial charge on any atom is 0.178 e. The summed E-state index contributed by atoms with van der Waals surface area (Å²) in [4.78, 5) is 7.96. The molecule has 5 nitrogen and oxygen atoms in total. The minimum atomic E-state index is 0.431. The lowest BCUT2D eigenvalue weighted by Crippen LogP contribution is -2.51. The highest BCUT2D eigenvalue weighted by Crippen LogP contribution is 2.18. The third-order valence-corrected chi connectivity index (χ3v) is 4.60. The first-order valence-electron chi connectivity index (χ1n) is 7.10. The molecule has 2 heterocycles. The van der Waals surface area contributed by atoms with E-state index < -0.39 is 0 Å². The highest BCUT2D eigenvalue weighted by atomic mass is 32.1. The average molecular weight is 301 g/mol. The lowest BCUT2D eigenvalue weighted by molar-refractivity contribution is 0.103. The maximum atomic E-state index is 9.08. The Morgan fingerprint density at radius 3 is 2.95 bits per heavy atom. The number of nitrogens with zero attached hydrogens (tertiary/aromatic N) is 4. The zero-order valence-electron chi connectivity index (χ0n) is 12.3. The Balaban J connectivity index is 1.98. The minimum Gasteiger partial charge on any atom is -0.331 e. The molecule has 1 N–H and O–H groups in total. The molecule has 1 aromatic heterocycles. The number of fused-ring (bicyclic) bond motifs is 1. The van der Waals surface area contributed by atoms with Crippen molar-refractivity contribution >= 4 is 23.3 Å². The van der Waals surface area contributed by atoms with Crippen LogP contribution in [0.3, 0.4) is 0 Å². The molecule has 0 amide bonds. The molecule has 6 heteroatoms. The van der Waals surface area contributed by atoms with Crippen molar-refractivity contribution in [2.45, 2.75) is 12.6 Å². The van der Waals surface area contributed by atoms with Crippen LogP contribution in [0.4, 0.5) is 0 Å². The monoisotopic (exact) mass is 301 g/mol. The molecule has 1 aliphatic heterocycles. The van der Waals surface area contributed by atoms with E-state index in [1.54, 1.807) is 0 Å². The van der Waals surface area contributed by atoms with E-state index in [-0.39, 0.29) is 0 Å². The number of hydrogen-bond donors (Lipinski definition) is 1. The molecule has 21 heavy (non-hydrogen) atoms. The highest BCUT2D eigenvalue weighted by Gasteiger charge is 2.23. The summed E-state index contributed by atoms with van der Waals surface area (Å²) >= 11 is 5.46. The summed E-state index contributed by atoms with van der Waals surface area (Å²) in [7, 11) is 4.32. The van der Waals surface area contributed by atoms with E-state index in [2.05, 4.69) is 39.5 Å². The van der Waals surface area contributed by atoms with Crippen LogP contribution in [-0.2, 0) is 6.54 Å². The Labute approximate surface area is 129 Å². The number of aromatic nitrogens is 2. The first-order chi connectivity index (χ1) is 10.1. The summed E-state index contributed by atoms with van der Waals surface area (Å²) in [6.45, 7) is 4.04. The second-order valence-electron chi connectivity index (χ2n) is 5.78. The normalized spacial score (nSPS) is 20.7. The van der Waals surface area contributed by atoms with Crippen LogP contribution in [0, 0.1) is 16.1 Å². The number of H-pyrrole nitrogens is 1. The predicted molar refractivity (Wildman–Crippen MR) is 85.8 cm³/mol. The molecule has 0 saturated carbocycles. The summed E-state index contributed by atoms with van der Waals surface area (Å²) in [5.41, 5.74) is 2.67. The molecule has 1 aromatic carbocycles. The van der Waals surface area contributed by atoms with Gasteiger partial charge in [0.15, 0.2) is 4.77 Å². The van der Waals surface area contributed by atoms with E-state index in [1.807, 2.05) is 18.2 Å². The second-order valence-corrected chi connectivity index (χ2v) is 6.17. The van der Waals surface area contributed by atoms with Crippen molar-refractivity contribution in [3.8, 4) is 6.07 Å². The fraction of sp³-hybridized carbons (Fsp3) is 0.467. The fourth-order valence-corrected chi connectivity index (χ4v) is 3.20. The summed E-state index contributed by atoms with van der Waals surface area (Å²) in [5.74, 6) is 0. The summed E-state index contributed by atoms with van der Waals surface area (Å²) in [5, 5.41) is 9.08. The lowest BCUT2D eigenvalue weighted by Gasteiger charge is -2.37. The van der Waals surface area contributed by atoms with Gasteiger partial charge in [-0.2, -0.15) is 5.26 Å². The number of rotatable bonds is 2. The average Bonchev–Trinajstić information content (AvgIpc) is 2.78. The Morgan fingerprint density at radius 1 is 1.38 bits per heavy atom. The van der Waals surface area contributed by atoms with Crippen molar-refractivity contribution in [3.63, 3.8) is 0 Å². The molecule has 1 fully saturated rings. The third kappa shape index (κ3) is 2.72. The van der Waals surface area contributed by atoms with Gasteiger partial charge < -0.3 is 14.5 Å². The van der Waals surface area contributed by atoms with Crippen LogP contribution < -0.4 is 0 Å². The molecular weight excluding hydrogens is 282 g/mol. The highest BCUT2D eigenvalue weighted by molar-refractivity contribution is 7.71. The van der Waals surface area contributed by atoms with E-state index in [0.717, 1.165) is 42.0 Å². The first kappa shape index (κ1) is 14.3. The van der Waals surface area contributed by atoms with Crippen molar-refractivity contribution in [2.24, 2.45) is 0 Å². The van der Waals surface area contributed by atoms with Crippen LogP contribution in [0.1, 0.15) is 5.56 Å². The number of imidazole rings is 1.